The molecule has 1 aliphatic rings. The van der Waals surface area contributed by atoms with Crippen molar-refractivity contribution in [3.63, 3.8) is 0 Å². The highest BCUT2D eigenvalue weighted by molar-refractivity contribution is 5.91. The molecule has 7 nitrogen and oxygen atoms in total. The Hall–Kier alpha value is -3.06. The van der Waals surface area contributed by atoms with Gasteiger partial charge in [-0.3, -0.25) is 0 Å². The Bertz CT molecular complexity index is 885. The molecule has 2 aromatic rings. The van der Waals surface area contributed by atoms with Gasteiger partial charge in [0.25, 0.3) is 0 Å². The van der Waals surface area contributed by atoms with Crippen LogP contribution in [0.25, 0.3) is 0 Å². The van der Waals surface area contributed by atoms with Gasteiger partial charge in [0.15, 0.2) is 6.61 Å². The molecular weight excluding hydrogens is 398 g/mol. The number of anilines is 1. The summed E-state index contributed by atoms with van der Waals surface area (Å²) in [6.45, 7) is 7.94. The normalized spacial score (nSPS) is 14.1. The molecular formula is C24H29NO6. The van der Waals surface area contributed by atoms with E-state index < -0.39 is 17.5 Å². The summed E-state index contributed by atoms with van der Waals surface area (Å²) in [7, 11) is 0. The number of rotatable bonds is 7. The molecule has 31 heavy (non-hydrogen) atoms. The maximum Gasteiger partial charge on any atom is 0.344 e. The molecule has 2 aromatic carbocycles. The monoisotopic (exact) mass is 427 g/mol. The zero-order valence-electron chi connectivity index (χ0n) is 18.3. The number of hydrogen-bond donors (Lipinski definition) is 0. The first-order chi connectivity index (χ1) is 14.8. The van der Waals surface area contributed by atoms with Gasteiger partial charge >= 0.3 is 11.9 Å². The first-order valence-electron chi connectivity index (χ1n) is 10.3. The van der Waals surface area contributed by atoms with Gasteiger partial charge in [0.1, 0.15) is 18.0 Å². The van der Waals surface area contributed by atoms with Gasteiger partial charge in [0.2, 0.25) is 0 Å². The summed E-state index contributed by atoms with van der Waals surface area (Å²) in [5.74, 6) is -0.528. The molecule has 0 bridgehead atoms. The van der Waals surface area contributed by atoms with Crippen LogP contribution in [0.15, 0.2) is 48.5 Å². The topological polar surface area (TPSA) is 74.3 Å². The molecule has 0 atom stereocenters. The zero-order chi connectivity index (χ0) is 22.3. The van der Waals surface area contributed by atoms with Crippen LogP contribution in [0.5, 0.6) is 5.75 Å². The summed E-state index contributed by atoms with van der Waals surface area (Å²) in [5.41, 5.74) is 1.49. The maximum absolute atomic E-state index is 12.7. The Kier molecular flexibility index (Phi) is 7.52. The average Bonchev–Trinajstić information content (AvgIpc) is 2.76. The van der Waals surface area contributed by atoms with E-state index in [0.717, 1.165) is 11.3 Å². The van der Waals surface area contributed by atoms with Crippen LogP contribution in [-0.4, -0.2) is 50.4 Å². The van der Waals surface area contributed by atoms with Crippen LogP contribution in [0.3, 0.4) is 0 Å². The number of hydrogen-bond acceptors (Lipinski definition) is 7. The summed E-state index contributed by atoms with van der Waals surface area (Å²) < 4.78 is 21.8. The highest BCUT2D eigenvalue weighted by Crippen LogP contribution is 2.26. The molecule has 0 radical (unpaired) electrons. The maximum atomic E-state index is 12.7. The molecule has 0 aromatic heterocycles. The fourth-order valence-electron chi connectivity index (χ4n) is 3.11. The number of nitrogens with zero attached hydrogens (tertiary/aromatic N) is 1. The van der Waals surface area contributed by atoms with Crippen molar-refractivity contribution in [3.05, 3.63) is 59.7 Å². The molecule has 1 saturated heterocycles. The van der Waals surface area contributed by atoms with Crippen molar-refractivity contribution >= 4 is 17.6 Å². The summed E-state index contributed by atoms with van der Waals surface area (Å²) in [6.07, 6.45) is 0. The van der Waals surface area contributed by atoms with Crippen molar-refractivity contribution < 1.29 is 28.5 Å². The number of carbonyl (C=O) groups excluding carboxylic acids is 2. The van der Waals surface area contributed by atoms with Crippen LogP contribution < -0.4 is 9.64 Å². The molecule has 0 unspecified atom stereocenters. The van der Waals surface area contributed by atoms with Crippen molar-refractivity contribution in [2.75, 3.05) is 37.8 Å². The van der Waals surface area contributed by atoms with Crippen molar-refractivity contribution in [2.24, 2.45) is 0 Å². The Labute approximate surface area is 182 Å². The van der Waals surface area contributed by atoms with Gasteiger partial charge in [0.05, 0.1) is 18.8 Å². The standard InChI is InChI=1S/C24H29NO6/c1-24(2,3)31-22(26)17-29-21-14-19(13-20(15-21)25-9-11-28-12-10-25)23(27)30-16-18-7-5-4-6-8-18/h4-8,13-15H,9-12,16-17H2,1-3H3. The molecule has 0 spiro atoms. The number of esters is 2. The van der Waals surface area contributed by atoms with Gasteiger partial charge in [-0.25, -0.2) is 9.59 Å². The van der Waals surface area contributed by atoms with Crippen molar-refractivity contribution in [3.8, 4) is 5.75 Å². The molecule has 3 rings (SSSR count). The second-order valence-corrected chi connectivity index (χ2v) is 8.25. The summed E-state index contributed by atoms with van der Waals surface area (Å²) >= 11 is 0. The van der Waals surface area contributed by atoms with Crippen molar-refractivity contribution in [1.82, 2.24) is 0 Å². The molecule has 7 heteroatoms. The lowest BCUT2D eigenvalue weighted by Gasteiger charge is -2.29. The number of benzene rings is 2. The fourth-order valence-corrected chi connectivity index (χ4v) is 3.11. The lowest BCUT2D eigenvalue weighted by atomic mass is 10.1. The van der Waals surface area contributed by atoms with E-state index in [1.165, 1.54) is 0 Å². The minimum atomic E-state index is -0.595. The third-order valence-corrected chi connectivity index (χ3v) is 4.49. The predicted octanol–water partition coefficient (Wildman–Crippen LogP) is 3.60. The van der Waals surface area contributed by atoms with Gasteiger partial charge in [-0.05, 0) is 38.5 Å². The van der Waals surface area contributed by atoms with E-state index >= 15 is 0 Å². The van der Waals surface area contributed by atoms with Crippen LogP contribution in [0, 0.1) is 0 Å². The number of ether oxygens (including phenoxy) is 4. The quantitative estimate of drug-likeness (QED) is 0.625. The van der Waals surface area contributed by atoms with Gasteiger partial charge < -0.3 is 23.8 Å². The predicted molar refractivity (Wildman–Crippen MR) is 116 cm³/mol. The molecule has 1 fully saturated rings. The van der Waals surface area contributed by atoms with Crippen LogP contribution in [0.1, 0.15) is 36.7 Å². The minimum absolute atomic E-state index is 0.176. The van der Waals surface area contributed by atoms with E-state index in [9.17, 15) is 9.59 Å². The van der Waals surface area contributed by atoms with Crippen LogP contribution >= 0.6 is 0 Å². The van der Waals surface area contributed by atoms with Gasteiger partial charge in [0, 0.05) is 24.8 Å². The third-order valence-electron chi connectivity index (χ3n) is 4.49. The second-order valence-electron chi connectivity index (χ2n) is 8.25. The Morgan fingerprint density at radius 1 is 1.03 bits per heavy atom. The van der Waals surface area contributed by atoms with E-state index in [1.807, 2.05) is 36.4 Å². The number of morpholine rings is 1. The van der Waals surface area contributed by atoms with Gasteiger partial charge in [-0.1, -0.05) is 30.3 Å². The lowest BCUT2D eigenvalue weighted by molar-refractivity contribution is -0.157. The molecule has 0 saturated carbocycles. The minimum Gasteiger partial charge on any atom is -0.482 e. The first kappa shape index (κ1) is 22.6. The molecule has 0 aliphatic carbocycles. The van der Waals surface area contributed by atoms with E-state index in [2.05, 4.69) is 4.90 Å². The fraction of sp³-hybridized carbons (Fsp3) is 0.417. The highest BCUT2D eigenvalue weighted by atomic mass is 16.6. The number of carbonyl (C=O) groups is 2. The van der Waals surface area contributed by atoms with E-state index in [-0.39, 0.29) is 13.2 Å². The first-order valence-corrected chi connectivity index (χ1v) is 10.3. The van der Waals surface area contributed by atoms with Crippen LogP contribution in [0.4, 0.5) is 5.69 Å². The summed E-state index contributed by atoms with van der Waals surface area (Å²) in [6, 6.07) is 14.7. The molecule has 166 valence electrons. The molecule has 1 heterocycles. The Balaban J connectivity index is 1.74. The van der Waals surface area contributed by atoms with Crippen molar-refractivity contribution in [2.45, 2.75) is 33.0 Å². The van der Waals surface area contributed by atoms with Crippen molar-refractivity contribution in [1.29, 1.82) is 0 Å². The summed E-state index contributed by atoms with van der Waals surface area (Å²) in [4.78, 5) is 26.9. The average molecular weight is 427 g/mol. The zero-order valence-corrected chi connectivity index (χ0v) is 18.3. The van der Waals surface area contributed by atoms with Gasteiger partial charge in [-0.15, -0.1) is 0 Å². The second kappa shape index (κ2) is 10.3. The van der Waals surface area contributed by atoms with E-state index in [1.54, 1.807) is 32.9 Å². The highest BCUT2D eigenvalue weighted by Gasteiger charge is 2.19. The van der Waals surface area contributed by atoms with E-state index in [4.69, 9.17) is 18.9 Å². The Morgan fingerprint density at radius 2 is 1.74 bits per heavy atom. The Morgan fingerprint density at radius 3 is 2.42 bits per heavy atom. The summed E-state index contributed by atoms with van der Waals surface area (Å²) in [5, 5.41) is 0. The SMILES string of the molecule is CC(C)(C)OC(=O)COc1cc(C(=O)OCc2ccccc2)cc(N2CCOCC2)c1. The molecule has 0 amide bonds. The molecule has 1 aliphatic heterocycles. The van der Waals surface area contributed by atoms with Crippen LogP contribution in [0.2, 0.25) is 0 Å². The third kappa shape index (κ3) is 7.29. The van der Waals surface area contributed by atoms with Gasteiger partial charge in [-0.2, -0.15) is 0 Å². The molecule has 0 N–H and O–H groups in total. The smallest absolute Gasteiger partial charge is 0.344 e. The lowest BCUT2D eigenvalue weighted by Crippen LogP contribution is -2.36. The largest absolute Gasteiger partial charge is 0.482 e. The van der Waals surface area contributed by atoms with Crippen LogP contribution in [-0.2, 0) is 25.6 Å². The van der Waals surface area contributed by atoms with E-state index in [0.29, 0.717) is 37.6 Å².